The first-order chi connectivity index (χ1) is 12.8. The number of aryl methyl sites for hydroxylation is 2. The Hall–Kier alpha value is -3.29. The number of halogens is 2. The Bertz CT molecular complexity index is 979. The van der Waals surface area contributed by atoms with E-state index in [9.17, 15) is 8.78 Å². The number of hydrogen-bond donors (Lipinski definition) is 2. The molecule has 0 atom stereocenters. The highest BCUT2D eigenvalue weighted by atomic mass is 19.1. The van der Waals surface area contributed by atoms with Crippen LogP contribution >= 0.6 is 0 Å². The molecular formula is C19H20F2N4O2. The third kappa shape index (κ3) is 3.38. The Morgan fingerprint density at radius 1 is 1.00 bits per heavy atom. The predicted molar refractivity (Wildman–Crippen MR) is 101 cm³/mol. The number of nitrogens with one attached hydrogen (secondary N) is 1. The van der Waals surface area contributed by atoms with Gasteiger partial charge in [0.25, 0.3) is 0 Å². The lowest BCUT2D eigenvalue weighted by Crippen LogP contribution is -2.04. The summed E-state index contributed by atoms with van der Waals surface area (Å²) in [5.41, 5.74) is 7.64. The fourth-order valence-corrected chi connectivity index (χ4v) is 2.92. The zero-order chi connectivity index (χ0) is 19.7. The summed E-state index contributed by atoms with van der Waals surface area (Å²) in [6.45, 7) is 1.68. The maximum Gasteiger partial charge on any atom is 0.137 e. The van der Waals surface area contributed by atoms with Crippen molar-refractivity contribution in [2.75, 3.05) is 25.3 Å². The smallest absolute Gasteiger partial charge is 0.137 e. The topological polar surface area (TPSA) is 74.3 Å². The number of nitrogens with two attached hydrogens (primary N) is 1. The van der Waals surface area contributed by atoms with E-state index in [0.717, 1.165) is 12.1 Å². The quantitative estimate of drug-likeness (QED) is 0.660. The average Bonchev–Trinajstić information content (AvgIpc) is 2.89. The lowest BCUT2D eigenvalue weighted by Gasteiger charge is -2.14. The Kier molecular flexibility index (Phi) is 4.89. The summed E-state index contributed by atoms with van der Waals surface area (Å²) in [6, 6.07) is 7.38. The third-order valence-corrected chi connectivity index (χ3v) is 4.24. The second-order valence-electron chi connectivity index (χ2n) is 5.98. The van der Waals surface area contributed by atoms with Gasteiger partial charge in [0.2, 0.25) is 0 Å². The second kappa shape index (κ2) is 7.14. The average molecular weight is 374 g/mol. The van der Waals surface area contributed by atoms with Crippen molar-refractivity contribution in [3.63, 3.8) is 0 Å². The summed E-state index contributed by atoms with van der Waals surface area (Å²) in [6.07, 6.45) is 0. The van der Waals surface area contributed by atoms with E-state index in [1.54, 1.807) is 39.3 Å². The SMILES string of the molecule is COc1ccc(Nc2c(-c3c(F)cc(OC)cc3F)c(C)nn2C)c(N)c1. The van der Waals surface area contributed by atoms with Gasteiger partial charge in [0.1, 0.15) is 29.0 Å². The van der Waals surface area contributed by atoms with Crippen LogP contribution in [0.4, 0.5) is 26.0 Å². The van der Waals surface area contributed by atoms with Gasteiger partial charge in [-0.3, -0.25) is 4.68 Å². The van der Waals surface area contributed by atoms with Crippen LogP contribution in [0.1, 0.15) is 5.69 Å². The maximum atomic E-state index is 14.6. The van der Waals surface area contributed by atoms with Crippen LogP contribution in [0.15, 0.2) is 30.3 Å². The Morgan fingerprint density at radius 3 is 2.19 bits per heavy atom. The van der Waals surface area contributed by atoms with Gasteiger partial charge in [-0.15, -0.1) is 0 Å². The van der Waals surface area contributed by atoms with E-state index in [2.05, 4.69) is 10.4 Å². The van der Waals surface area contributed by atoms with Gasteiger partial charge in [0.05, 0.1) is 42.4 Å². The molecule has 1 aromatic heterocycles. The van der Waals surface area contributed by atoms with E-state index in [1.807, 2.05) is 0 Å². The molecule has 0 saturated carbocycles. The molecule has 3 N–H and O–H groups in total. The van der Waals surface area contributed by atoms with Gasteiger partial charge in [-0.05, 0) is 19.1 Å². The predicted octanol–water partition coefficient (Wildman–Crippen LogP) is 4.02. The Balaban J connectivity index is 2.13. The molecular weight excluding hydrogens is 354 g/mol. The number of benzene rings is 2. The molecule has 0 aliphatic carbocycles. The largest absolute Gasteiger partial charge is 0.497 e. The molecule has 142 valence electrons. The fraction of sp³-hybridized carbons (Fsp3) is 0.211. The summed E-state index contributed by atoms with van der Waals surface area (Å²) < 4.78 is 40.9. The molecule has 0 spiro atoms. The molecule has 0 unspecified atom stereocenters. The highest BCUT2D eigenvalue weighted by molar-refractivity contribution is 5.84. The summed E-state index contributed by atoms with van der Waals surface area (Å²) in [5.74, 6) is -0.370. The fourth-order valence-electron chi connectivity index (χ4n) is 2.92. The van der Waals surface area contributed by atoms with Gasteiger partial charge < -0.3 is 20.5 Å². The molecule has 0 radical (unpaired) electrons. The van der Waals surface area contributed by atoms with Crippen LogP contribution in [-0.2, 0) is 7.05 Å². The van der Waals surface area contributed by atoms with E-state index in [1.165, 1.54) is 11.8 Å². The number of methoxy groups -OCH3 is 2. The number of nitrogen functional groups attached to an aromatic ring is 1. The molecule has 27 heavy (non-hydrogen) atoms. The molecule has 0 bridgehead atoms. The van der Waals surface area contributed by atoms with Crippen LogP contribution in [0.25, 0.3) is 11.1 Å². The second-order valence-corrected chi connectivity index (χ2v) is 5.98. The molecule has 0 fully saturated rings. The molecule has 0 saturated heterocycles. The molecule has 8 heteroatoms. The van der Waals surface area contributed by atoms with Gasteiger partial charge in [-0.2, -0.15) is 5.10 Å². The lowest BCUT2D eigenvalue weighted by molar-refractivity contribution is 0.407. The summed E-state index contributed by atoms with van der Waals surface area (Å²) in [4.78, 5) is 0. The molecule has 3 rings (SSSR count). The van der Waals surface area contributed by atoms with Crippen LogP contribution in [0, 0.1) is 18.6 Å². The first-order valence-corrected chi connectivity index (χ1v) is 8.13. The first kappa shape index (κ1) is 18.5. The highest BCUT2D eigenvalue weighted by Gasteiger charge is 2.23. The zero-order valence-corrected chi connectivity index (χ0v) is 15.4. The van der Waals surface area contributed by atoms with Gasteiger partial charge in [0, 0.05) is 25.2 Å². The van der Waals surface area contributed by atoms with E-state index in [4.69, 9.17) is 15.2 Å². The van der Waals surface area contributed by atoms with E-state index in [-0.39, 0.29) is 11.3 Å². The number of hydrogen-bond acceptors (Lipinski definition) is 5. The van der Waals surface area contributed by atoms with E-state index < -0.39 is 11.6 Å². The van der Waals surface area contributed by atoms with Gasteiger partial charge in [0.15, 0.2) is 0 Å². The molecule has 0 amide bonds. The Morgan fingerprint density at radius 2 is 1.63 bits per heavy atom. The van der Waals surface area contributed by atoms with Crippen LogP contribution in [-0.4, -0.2) is 24.0 Å². The van der Waals surface area contributed by atoms with Crippen LogP contribution < -0.4 is 20.5 Å². The molecule has 3 aromatic rings. The number of aromatic nitrogens is 2. The summed E-state index contributed by atoms with van der Waals surface area (Å²) in [5, 5.41) is 7.41. The summed E-state index contributed by atoms with van der Waals surface area (Å²) >= 11 is 0. The van der Waals surface area contributed by atoms with Crippen molar-refractivity contribution >= 4 is 17.2 Å². The maximum absolute atomic E-state index is 14.6. The Labute approximate surface area is 155 Å². The molecule has 6 nitrogen and oxygen atoms in total. The minimum absolute atomic E-state index is 0.101. The standard InChI is InChI=1S/C19H20F2N4O2/c1-10-17(18-13(20)7-12(27-4)8-14(18)21)19(25(2)24-10)23-16-6-5-11(26-3)9-15(16)22/h5-9,23H,22H2,1-4H3. The monoisotopic (exact) mass is 374 g/mol. The highest BCUT2D eigenvalue weighted by Crippen LogP contribution is 2.39. The van der Waals surface area contributed by atoms with Crippen molar-refractivity contribution < 1.29 is 18.3 Å². The van der Waals surface area contributed by atoms with E-state index in [0.29, 0.717) is 34.2 Å². The molecule has 1 heterocycles. The number of rotatable bonds is 5. The normalized spacial score (nSPS) is 10.7. The van der Waals surface area contributed by atoms with Crippen molar-refractivity contribution in [1.29, 1.82) is 0 Å². The van der Waals surface area contributed by atoms with Crippen molar-refractivity contribution in [3.05, 3.63) is 47.7 Å². The van der Waals surface area contributed by atoms with Crippen molar-refractivity contribution in [1.82, 2.24) is 9.78 Å². The van der Waals surface area contributed by atoms with Crippen molar-refractivity contribution in [3.8, 4) is 22.6 Å². The van der Waals surface area contributed by atoms with Crippen molar-refractivity contribution in [2.45, 2.75) is 6.92 Å². The zero-order valence-electron chi connectivity index (χ0n) is 15.4. The van der Waals surface area contributed by atoms with Gasteiger partial charge >= 0.3 is 0 Å². The van der Waals surface area contributed by atoms with Crippen molar-refractivity contribution in [2.24, 2.45) is 7.05 Å². The lowest BCUT2D eigenvalue weighted by atomic mass is 10.0. The minimum atomic E-state index is -0.742. The van der Waals surface area contributed by atoms with Crippen LogP contribution in [0.3, 0.4) is 0 Å². The number of ether oxygens (including phenoxy) is 2. The van der Waals surface area contributed by atoms with E-state index >= 15 is 0 Å². The third-order valence-electron chi connectivity index (χ3n) is 4.24. The first-order valence-electron chi connectivity index (χ1n) is 8.13. The number of nitrogens with zero attached hydrogens (tertiary/aromatic N) is 2. The summed E-state index contributed by atoms with van der Waals surface area (Å²) in [7, 11) is 4.57. The van der Waals surface area contributed by atoms with Crippen LogP contribution in [0.5, 0.6) is 11.5 Å². The number of anilines is 3. The van der Waals surface area contributed by atoms with Crippen LogP contribution in [0.2, 0.25) is 0 Å². The molecule has 0 aliphatic rings. The minimum Gasteiger partial charge on any atom is -0.497 e. The molecule has 2 aromatic carbocycles. The molecule has 0 aliphatic heterocycles. The van der Waals surface area contributed by atoms with Gasteiger partial charge in [-0.25, -0.2) is 8.78 Å². The van der Waals surface area contributed by atoms with Gasteiger partial charge in [-0.1, -0.05) is 0 Å².